The standard InChI is InChI=1S/C18H26N2/c1-12(2)14-7-6-8-15-16(13(3)20-17(14)15)18(11-19)9-4-5-10-18/h6-8,12,20H,4-5,9-11,19H2,1-3H3. The van der Waals surface area contributed by atoms with Gasteiger partial charge in [-0.2, -0.15) is 0 Å². The third kappa shape index (κ3) is 1.89. The summed E-state index contributed by atoms with van der Waals surface area (Å²) < 4.78 is 0. The maximum atomic E-state index is 6.20. The van der Waals surface area contributed by atoms with Crippen LogP contribution in [0.5, 0.6) is 0 Å². The number of aromatic amines is 1. The van der Waals surface area contributed by atoms with Gasteiger partial charge in [0, 0.05) is 28.6 Å². The van der Waals surface area contributed by atoms with Crippen LogP contribution in [0.2, 0.25) is 0 Å². The van der Waals surface area contributed by atoms with Crippen LogP contribution in [0.4, 0.5) is 0 Å². The molecule has 2 nitrogen and oxygen atoms in total. The van der Waals surface area contributed by atoms with Crippen molar-refractivity contribution in [2.45, 2.75) is 57.8 Å². The lowest BCUT2D eigenvalue weighted by Crippen LogP contribution is -2.32. The molecule has 0 atom stereocenters. The molecule has 1 aliphatic rings. The van der Waals surface area contributed by atoms with Crippen molar-refractivity contribution in [3.05, 3.63) is 35.0 Å². The van der Waals surface area contributed by atoms with Crippen LogP contribution in [0.3, 0.4) is 0 Å². The molecule has 3 rings (SSSR count). The minimum atomic E-state index is 0.206. The number of nitrogens with one attached hydrogen (secondary N) is 1. The van der Waals surface area contributed by atoms with Crippen LogP contribution in [0.1, 0.15) is 62.3 Å². The van der Waals surface area contributed by atoms with Crippen molar-refractivity contribution in [1.29, 1.82) is 0 Å². The normalized spacial score (nSPS) is 18.2. The van der Waals surface area contributed by atoms with E-state index in [0.717, 1.165) is 6.54 Å². The Morgan fingerprint density at radius 2 is 1.95 bits per heavy atom. The van der Waals surface area contributed by atoms with E-state index in [-0.39, 0.29) is 5.41 Å². The molecule has 20 heavy (non-hydrogen) atoms. The van der Waals surface area contributed by atoms with Crippen molar-refractivity contribution in [1.82, 2.24) is 4.98 Å². The zero-order valence-corrected chi connectivity index (χ0v) is 12.9. The molecule has 108 valence electrons. The van der Waals surface area contributed by atoms with Crippen LogP contribution in [0, 0.1) is 6.92 Å². The number of aromatic nitrogens is 1. The summed E-state index contributed by atoms with van der Waals surface area (Å²) >= 11 is 0. The molecular formula is C18H26N2. The molecule has 1 saturated carbocycles. The van der Waals surface area contributed by atoms with Crippen LogP contribution in [-0.4, -0.2) is 11.5 Å². The second-order valence-corrected chi connectivity index (χ2v) is 6.74. The van der Waals surface area contributed by atoms with Gasteiger partial charge >= 0.3 is 0 Å². The van der Waals surface area contributed by atoms with Crippen LogP contribution in [0.15, 0.2) is 18.2 Å². The van der Waals surface area contributed by atoms with Gasteiger partial charge in [0.25, 0.3) is 0 Å². The average Bonchev–Trinajstić information content (AvgIpc) is 3.01. The number of hydrogen-bond acceptors (Lipinski definition) is 1. The van der Waals surface area contributed by atoms with Crippen molar-refractivity contribution < 1.29 is 0 Å². The van der Waals surface area contributed by atoms with E-state index in [1.54, 1.807) is 0 Å². The highest BCUT2D eigenvalue weighted by Crippen LogP contribution is 2.45. The van der Waals surface area contributed by atoms with E-state index in [2.05, 4.69) is 44.0 Å². The summed E-state index contributed by atoms with van der Waals surface area (Å²) in [5.74, 6) is 0.544. The summed E-state index contributed by atoms with van der Waals surface area (Å²) in [5, 5.41) is 1.40. The van der Waals surface area contributed by atoms with E-state index in [4.69, 9.17) is 5.73 Å². The number of nitrogens with two attached hydrogens (primary N) is 1. The van der Waals surface area contributed by atoms with Gasteiger partial charge in [0.2, 0.25) is 0 Å². The molecule has 2 aromatic rings. The lowest BCUT2D eigenvalue weighted by Gasteiger charge is -2.28. The number of fused-ring (bicyclic) bond motifs is 1. The Morgan fingerprint density at radius 1 is 1.25 bits per heavy atom. The van der Waals surface area contributed by atoms with Crippen LogP contribution < -0.4 is 5.73 Å². The predicted octanol–water partition coefficient (Wildman–Crippen LogP) is 4.37. The number of H-pyrrole nitrogens is 1. The van der Waals surface area contributed by atoms with E-state index >= 15 is 0 Å². The second kappa shape index (κ2) is 4.92. The molecule has 0 bridgehead atoms. The fourth-order valence-corrected chi connectivity index (χ4v) is 4.14. The molecule has 0 amide bonds. The fraction of sp³-hybridized carbons (Fsp3) is 0.556. The van der Waals surface area contributed by atoms with Gasteiger partial charge < -0.3 is 10.7 Å². The third-order valence-electron chi connectivity index (χ3n) is 5.16. The van der Waals surface area contributed by atoms with Gasteiger partial charge in [-0.3, -0.25) is 0 Å². The first-order valence-corrected chi connectivity index (χ1v) is 7.91. The van der Waals surface area contributed by atoms with E-state index in [1.165, 1.54) is 53.4 Å². The number of hydrogen-bond donors (Lipinski definition) is 2. The molecule has 1 aliphatic carbocycles. The summed E-state index contributed by atoms with van der Waals surface area (Å²) in [4.78, 5) is 3.66. The van der Waals surface area contributed by atoms with Crippen molar-refractivity contribution in [2.75, 3.05) is 6.54 Å². The highest BCUT2D eigenvalue weighted by Gasteiger charge is 2.37. The summed E-state index contributed by atoms with van der Waals surface area (Å²) in [6, 6.07) is 6.72. The van der Waals surface area contributed by atoms with E-state index < -0.39 is 0 Å². The zero-order valence-electron chi connectivity index (χ0n) is 12.9. The van der Waals surface area contributed by atoms with Crippen LogP contribution in [-0.2, 0) is 5.41 Å². The summed E-state index contributed by atoms with van der Waals surface area (Å²) in [6.45, 7) is 7.51. The van der Waals surface area contributed by atoms with Gasteiger partial charge in [-0.15, -0.1) is 0 Å². The SMILES string of the molecule is Cc1[nH]c2c(C(C)C)cccc2c1C1(CN)CCCC1. The Labute approximate surface area is 121 Å². The Bertz CT molecular complexity index is 616. The minimum Gasteiger partial charge on any atom is -0.358 e. The molecule has 0 spiro atoms. The Hall–Kier alpha value is -1.28. The summed E-state index contributed by atoms with van der Waals surface area (Å²) in [6.07, 6.45) is 5.10. The van der Waals surface area contributed by atoms with Crippen LogP contribution in [0.25, 0.3) is 10.9 Å². The molecule has 3 N–H and O–H groups in total. The Kier molecular flexibility index (Phi) is 3.37. The monoisotopic (exact) mass is 270 g/mol. The first-order valence-electron chi connectivity index (χ1n) is 7.91. The second-order valence-electron chi connectivity index (χ2n) is 6.74. The lowest BCUT2D eigenvalue weighted by molar-refractivity contribution is 0.454. The fourth-order valence-electron chi connectivity index (χ4n) is 4.14. The van der Waals surface area contributed by atoms with E-state index in [0.29, 0.717) is 5.92 Å². The molecular weight excluding hydrogens is 244 g/mol. The molecule has 0 radical (unpaired) electrons. The van der Waals surface area contributed by atoms with Crippen molar-refractivity contribution in [3.63, 3.8) is 0 Å². The average molecular weight is 270 g/mol. The first-order chi connectivity index (χ1) is 9.59. The van der Waals surface area contributed by atoms with Gasteiger partial charge in [0.15, 0.2) is 0 Å². The predicted molar refractivity (Wildman–Crippen MR) is 86.3 cm³/mol. The van der Waals surface area contributed by atoms with Gasteiger partial charge in [0.1, 0.15) is 0 Å². The van der Waals surface area contributed by atoms with E-state index in [1.807, 2.05) is 0 Å². The molecule has 1 aromatic heterocycles. The minimum absolute atomic E-state index is 0.206. The topological polar surface area (TPSA) is 41.8 Å². The number of aryl methyl sites for hydroxylation is 1. The molecule has 1 fully saturated rings. The molecule has 0 unspecified atom stereocenters. The molecule has 0 saturated heterocycles. The zero-order chi connectivity index (χ0) is 14.3. The molecule has 1 aromatic carbocycles. The smallest absolute Gasteiger partial charge is 0.0494 e. The summed E-state index contributed by atoms with van der Waals surface area (Å²) in [7, 11) is 0. The highest BCUT2D eigenvalue weighted by atomic mass is 14.7. The quantitative estimate of drug-likeness (QED) is 0.854. The van der Waals surface area contributed by atoms with Crippen LogP contribution >= 0.6 is 0 Å². The van der Waals surface area contributed by atoms with Gasteiger partial charge in [-0.05, 0) is 36.8 Å². The third-order valence-corrected chi connectivity index (χ3v) is 5.16. The highest BCUT2D eigenvalue weighted by molar-refractivity contribution is 5.89. The largest absolute Gasteiger partial charge is 0.358 e. The van der Waals surface area contributed by atoms with Gasteiger partial charge in [0.05, 0.1) is 0 Å². The maximum Gasteiger partial charge on any atom is 0.0494 e. The molecule has 2 heteroatoms. The van der Waals surface area contributed by atoms with Gasteiger partial charge in [-0.1, -0.05) is 44.9 Å². The number of para-hydroxylation sites is 1. The van der Waals surface area contributed by atoms with Gasteiger partial charge in [-0.25, -0.2) is 0 Å². The lowest BCUT2D eigenvalue weighted by atomic mass is 9.77. The van der Waals surface area contributed by atoms with Crippen molar-refractivity contribution in [3.8, 4) is 0 Å². The Morgan fingerprint density at radius 3 is 2.55 bits per heavy atom. The Balaban J connectivity index is 2.26. The molecule has 0 aliphatic heterocycles. The number of benzene rings is 1. The first kappa shape index (κ1) is 13.7. The number of rotatable bonds is 3. The van der Waals surface area contributed by atoms with Crippen molar-refractivity contribution >= 4 is 10.9 Å². The van der Waals surface area contributed by atoms with Crippen molar-refractivity contribution in [2.24, 2.45) is 5.73 Å². The van der Waals surface area contributed by atoms with E-state index in [9.17, 15) is 0 Å². The summed E-state index contributed by atoms with van der Waals surface area (Å²) in [5.41, 5.74) is 12.0. The molecule has 1 heterocycles. The maximum absolute atomic E-state index is 6.20.